The first-order valence-corrected chi connectivity index (χ1v) is 7.40. The Labute approximate surface area is 121 Å². The standard InChI is InChI=1S/C18H24N2/c19-17(13-15-7-3-1-4-8-15)11-12-18(20)14-16-9-5-2-6-10-16/h1-10,17-18H,11-14,19-20H2/p+1. The van der Waals surface area contributed by atoms with Crippen LogP contribution in [0.3, 0.4) is 0 Å². The van der Waals surface area contributed by atoms with Gasteiger partial charge in [-0.1, -0.05) is 60.7 Å². The van der Waals surface area contributed by atoms with Crippen LogP contribution < -0.4 is 11.5 Å². The molecule has 0 radical (unpaired) electrons. The second-order valence-electron chi connectivity index (χ2n) is 5.58. The predicted molar refractivity (Wildman–Crippen MR) is 84.2 cm³/mol. The van der Waals surface area contributed by atoms with Gasteiger partial charge in [0.1, 0.15) is 0 Å². The van der Waals surface area contributed by atoms with Crippen LogP contribution in [0.1, 0.15) is 24.0 Å². The van der Waals surface area contributed by atoms with Gasteiger partial charge in [-0.2, -0.15) is 0 Å². The van der Waals surface area contributed by atoms with E-state index in [9.17, 15) is 0 Å². The normalized spacial score (nSPS) is 13.9. The van der Waals surface area contributed by atoms with Gasteiger partial charge >= 0.3 is 0 Å². The Morgan fingerprint density at radius 3 is 1.80 bits per heavy atom. The molecule has 2 heteroatoms. The lowest BCUT2D eigenvalue weighted by atomic mass is 9.97. The minimum Gasteiger partial charge on any atom is -0.355 e. The lowest BCUT2D eigenvalue weighted by molar-refractivity contribution is -0.421. The van der Waals surface area contributed by atoms with Gasteiger partial charge in [-0.3, -0.25) is 0 Å². The number of hydrogen-bond acceptors (Lipinski definition) is 1. The third-order valence-corrected chi connectivity index (χ3v) is 3.65. The third kappa shape index (κ3) is 5.16. The summed E-state index contributed by atoms with van der Waals surface area (Å²) < 4.78 is 0. The van der Waals surface area contributed by atoms with Crippen molar-refractivity contribution in [2.45, 2.75) is 37.8 Å². The molecule has 0 amide bonds. The van der Waals surface area contributed by atoms with E-state index < -0.39 is 0 Å². The second-order valence-corrected chi connectivity index (χ2v) is 5.58. The van der Waals surface area contributed by atoms with Crippen LogP contribution in [0.15, 0.2) is 60.7 Å². The molecule has 5 N–H and O–H groups in total. The van der Waals surface area contributed by atoms with Gasteiger partial charge in [0, 0.05) is 18.9 Å². The van der Waals surface area contributed by atoms with Crippen LogP contribution in [0, 0.1) is 0 Å². The van der Waals surface area contributed by atoms with Crippen LogP contribution in [0.25, 0.3) is 0 Å². The predicted octanol–water partition coefficient (Wildman–Crippen LogP) is 2.19. The van der Waals surface area contributed by atoms with Crippen molar-refractivity contribution in [3.63, 3.8) is 0 Å². The summed E-state index contributed by atoms with van der Waals surface area (Å²) in [6.45, 7) is 0. The number of rotatable bonds is 7. The van der Waals surface area contributed by atoms with E-state index in [1.807, 2.05) is 6.07 Å². The Morgan fingerprint density at radius 1 is 0.750 bits per heavy atom. The molecule has 2 aromatic carbocycles. The highest BCUT2D eigenvalue weighted by Gasteiger charge is 2.11. The molecule has 106 valence electrons. The molecule has 0 spiro atoms. The zero-order valence-corrected chi connectivity index (χ0v) is 12.0. The molecule has 2 nitrogen and oxygen atoms in total. The van der Waals surface area contributed by atoms with Crippen molar-refractivity contribution in [1.82, 2.24) is 0 Å². The molecule has 20 heavy (non-hydrogen) atoms. The first-order valence-electron chi connectivity index (χ1n) is 7.40. The van der Waals surface area contributed by atoms with Crippen LogP contribution in [-0.2, 0) is 12.8 Å². The molecule has 2 unspecified atom stereocenters. The van der Waals surface area contributed by atoms with Crippen molar-refractivity contribution in [2.75, 3.05) is 0 Å². The van der Waals surface area contributed by atoms with Gasteiger partial charge < -0.3 is 11.5 Å². The summed E-state index contributed by atoms with van der Waals surface area (Å²) in [6, 6.07) is 21.7. The molecule has 0 fully saturated rings. The largest absolute Gasteiger partial charge is 0.355 e. The van der Waals surface area contributed by atoms with Gasteiger partial charge in [0.05, 0.1) is 6.04 Å². The van der Waals surface area contributed by atoms with E-state index in [-0.39, 0.29) is 6.04 Å². The smallest absolute Gasteiger partial charge is 0.0885 e. The van der Waals surface area contributed by atoms with E-state index in [1.54, 1.807) is 0 Å². The maximum atomic E-state index is 6.22. The van der Waals surface area contributed by atoms with Crippen LogP contribution >= 0.6 is 0 Å². The van der Waals surface area contributed by atoms with E-state index in [1.165, 1.54) is 11.1 Å². The minimum atomic E-state index is 0.234. The van der Waals surface area contributed by atoms with Gasteiger partial charge in [-0.05, 0) is 24.0 Å². The molecule has 0 aliphatic heterocycles. The van der Waals surface area contributed by atoms with Gasteiger partial charge in [-0.15, -0.1) is 0 Å². The number of nitrogens with two attached hydrogens (primary N) is 1. The first-order chi connectivity index (χ1) is 9.74. The summed E-state index contributed by atoms with van der Waals surface area (Å²) in [4.78, 5) is 0. The monoisotopic (exact) mass is 269 g/mol. The van der Waals surface area contributed by atoms with Crippen molar-refractivity contribution in [2.24, 2.45) is 5.73 Å². The molecule has 0 bridgehead atoms. The number of quaternary nitrogens is 1. The van der Waals surface area contributed by atoms with Crippen LogP contribution in [-0.4, -0.2) is 12.1 Å². The van der Waals surface area contributed by atoms with E-state index in [4.69, 9.17) is 5.73 Å². The summed E-state index contributed by atoms with van der Waals surface area (Å²) in [6.07, 6.45) is 4.12. The maximum Gasteiger partial charge on any atom is 0.0885 e. The summed E-state index contributed by atoms with van der Waals surface area (Å²) in [5.41, 5.74) is 13.2. The molecule has 0 saturated carbocycles. The zero-order chi connectivity index (χ0) is 14.2. The molecule has 0 saturated heterocycles. The van der Waals surface area contributed by atoms with Gasteiger partial charge in [0.25, 0.3) is 0 Å². The molecule has 0 heterocycles. The number of hydrogen-bond donors (Lipinski definition) is 2. The Kier molecular flexibility index (Phi) is 5.78. The highest BCUT2D eigenvalue weighted by Crippen LogP contribution is 2.09. The fourth-order valence-corrected chi connectivity index (χ4v) is 2.52. The summed E-state index contributed by atoms with van der Waals surface area (Å²) in [7, 11) is 0. The Hall–Kier alpha value is -1.64. The highest BCUT2D eigenvalue weighted by molar-refractivity contribution is 5.16. The molecular formula is C18H25N2+. The molecular weight excluding hydrogens is 244 g/mol. The average molecular weight is 269 g/mol. The van der Waals surface area contributed by atoms with Gasteiger partial charge in [-0.25, -0.2) is 0 Å². The van der Waals surface area contributed by atoms with Crippen LogP contribution in [0.4, 0.5) is 0 Å². The van der Waals surface area contributed by atoms with E-state index in [2.05, 4.69) is 60.3 Å². The fraction of sp³-hybridized carbons (Fsp3) is 0.333. The minimum absolute atomic E-state index is 0.234. The van der Waals surface area contributed by atoms with Crippen molar-refractivity contribution < 1.29 is 5.73 Å². The van der Waals surface area contributed by atoms with E-state index >= 15 is 0 Å². The third-order valence-electron chi connectivity index (χ3n) is 3.65. The summed E-state index contributed by atoms with van der Waals surface area (Å²) >= 11 is 0. The number of benzene rings is 2. The lowest BCUT2D eigenvalue weighted by Gasteiger charge is -2.14. The van der Waals surface area contributed by atoms with Crippen molar-refractivity contribution in [1.29, 1.82) is 0 Å². The maximum absolute atomic E-state index is 6.22. The van der Waals surface area contributed by atoms with Crippen LogP contribution in [0.5, 0.6) is 0 Å². The molecule has 0 aliphatic carbocycles. The molecule has 2 atom stereocenters. The van der Waals surface area contributed by atoms with Crippen molar-refractivity contribution in [3.05, 3.63) is 71.8 Å². The topological polar surface area (TPSA) is 53.7 Å². The second kappa shape index (κ2) is 7.83. The summed E-state index contributed by atoms with van der Waals surface area (Å²) in [5, 5.41) is 0. The quantitative estimate of drug-likeness (QED) is 0.795. The molecule has 0 aromatic heterocycles. The van der Waals surface area contributed by atoms with Gasteiger partial charge in [0.15, 0.2) is 0 Å². The average Bonchev–Trinajstić information content (AvgIpc) is 2.47. The zero-order valence-electron chi connectivity index (χ0n) is 12.0. The molecule has 2 rings (SSSR count). The Balaban J connectivity index is 1.71. The fourth-order valence-electron chi connectivity index (χ4n) is 2.52. The van der Waals surface area contributed by atoms with E-state index in [0.717, 1.165) is 25.7 Å². The first kappa shape index (κ1) is 14.8. The highest BCUT2D eigenvalue weighted by atomic mass is 14.7. The SMILES string of the molecule is NC(CCC([NH3+])Cc1ccccc1)Cc1ccccc1. The van der Waals surface area contributed by atoms with Crippen molar-refractivity contribution >= 4 is 0 Å². The lowest BCUT2D eigenvalue weighted by Crippen LogP contribution is -2.62. The van der Waals surface area contributed by atoms with Crippen LogP contribution in [0.2, 0.25) is 0 Å². The summed E-state index contributed by atoms with van der Waals surface area (Å²) in [5.74, 6) is 0. The van der Waals surface area contributed by atoms with E-state index in [0.29, 0.717) is 6.04 Å². The Morgan fingerprint density at radius 2 is 1.25 bits per heavy atom. The van der Waals surface area contributed by atoms with Gasteiger partial charge in [0.2, 0.25) is 0 Å². The Bertz CT molecular complexity index is 434. The molecule has 0 aliphatic rings. The molecule has 2 aromatic rings. The van der Waals surface area contributed by atoms with Crippen molar-refractivity contribution in [3.8, 4) is 0 Å².